The zero-order chi connectivity index (χ0) is 7.40. The van der Waals surface area contributed by atoms with Crippen LogP contribution in [0, 0.1) is 0 Å². The molecule has 1 atom stereocenters. The topological polar surface area (TPSA) is 77.9 Å². The average molecular weight is 140 g/mol. The highest BCUT2D eigenvalue weighted by atomic mass is 16.1. The molecule has 0 aromatic heterocycles. The van der Waals surface area contributed by atoms with Crippen LogP contribution >= 0.6 is 0 Å². The molecule has 1 aliphatic heterocycles. The molecule has 0 aliphatic carbocycles. The van der Waals surface area contributed by atoms with Crippen LogP contribution in [0.15, 0.2) is 5.11 Å². The second kappa shape index (κ2) is 3.20. The number of Topliss-reactive ketones (excluding diaryl/α,β-unsaturated/α-hetero) is 1. The highest BCUT2D eigenvalue weighted by Gasteiger charge is 2.19. The van der Waals surface area contributed by atoms with E-state index in [-0.39, 0.29) is 5.78 Å². The first-order valence-corrected chi connectivity index (χ1v) is 3.12. The Kier molecular flexibility index (Phi) is 2.25. The maximum Gasteiger partial charge on any atom is 0.155 e. The predicted octanol–water partition coefficient (Wildman–Crippen LogP) is 0.228. The van der Waals surface area contributed by atoms with Crippen LogP contribution in [0.3, 0.4) is 0 Å². The van der Waals surface area contributed by atoms with Crippen LogP contribution < -0.4 is 5.32 Å². The SMILES string of the molecule is [N-]=[N+]=NC1CCNCC1=O. The van der Waals surface area contributed by atoms with Gasteiger partial charge < -0.3 is 5.32 Å². The standard InChI is InChI=1S/C5H8N4O/c6-9-8-4-1-2-7-3-5(4)10/h4,7H,1-3H2. The number of hydrogen-bond acceptors (Lipinski definition) is 3. The van der Waals surface area contributed by atoms with Gasteiger partial charge in [0.1, 0.15) is 0 Å². The van der Waals surface area contributed by atoms with Crippen molar-refractivity contribution in [1.82, 2.24) is 5.32 Å². The lowest BCUT2D eigenvalue weighted by molar-refractivity contribution is -0.120. The van der Waals surface area contributed by atoms with Crippen molar-refractivity contribution in [2.24, 2.45) is 5.11 Å². The molecule has 0 amide bonds. The van der Waals surface area contributed by atoms with E-state index >= 15 is 0 Å². The molecule has 54 valence electrons. The van der Waals surface area contributed by atoms with Gasteiger partial charge >= 0.3 is 0 Å². The number of nitrogens with one attached hydrogen (secondary N) is 1. The largest absolute Gasteiger partial charge is 0.310 e. The quantitative estimate of drug-likeness (QED) is 0.321. The first-order valence-electron chi connectivity index (χ1n) is 3.12. The molecule has 1 saturated heterocycles. The molecular formula is C5H8N4O. The third-order valence-electron chi connectivity index (χ3n) is 1.46. The summed E-state index contributed by atoms with van der Waals surface area (Å²) in [4.78, 5) is 13.4. The normalized spacial score (nSPS) is 25.6. The summed E-state index contributed by atoms with van der Waals surface area (Å²) >= 11 is 0. The second-order valence-electron chi connectivity index (χ2n) is 2.15. The number of nitrogens with zero attached hydrogens (tertiary/aromatic N) is 3. The molecular weight excluding hydrogens is 132 g/mol. The lowest BCUT2D eigenvalue weighted by Gasteiger charge is -2.15. The molecule has 1 rings (SSSR count). The monoisotopic (exact) mass is 140 g/mol. The molecule has 1 unspecified atom stereocenters. The Morgan fingerprint density at radius 3 is 3.20 bits per heavy atom. The van der Waals surface area contributed by atoms with Crippen molar-refractivity contribution in [3.63, 3.8) is 0 Å². The predicted molar refractivity (Wildman–Crippen MR) is 35.4 cm³/mol. The molecule has 5 nitrogen and oxygen atoms in total. The molecule has 0 spiro atoms. The first kappa shape index (κ1) is 7.05. The van der Waals surface area contributed by atoms with Gasteiger partial charge in [-0.3, -0.25) is 4.79 Å². The second-order valence-corrected chi connectivity index (χ2v) is 2.15. The van der Waals surface area contributed by atoms with Crippen LogP contribution in [0.1, 0.15) is 6.42 Å². The Hall–Kier alpha value is -1.06. The zero-order valence-electron chi connectivity index (χ0n) is 5.45. The van der Waals surface area contributed by atoms with Crippen molar-refractivity contribution in [2.75, 3.05) is 13.1 Å². The van der Waals surface area contributed by atoms with E-state index in [4.69, 9.17) is 5.53 Å². The summed E-state index contributed by atoms with van der Waals surface area (Å²) in [5.74, 6) is -0.0101. The molecule has 1 aliphatic rings. The number of rotatable bonds is 1. The van der Waals surface area contributed by atoms with Gasteiger partial charge in [0.15, 0.2) is 5.78 Å². The summed E-state index contributed by atoms with van der Waals surface area (Å²) in [5.41, 5.74) is 8.02. The average Bonchev–Trinajstić information content (AvgIpc) is 1.94. The van der Waals surface area contributed by atoms with Gasteiger partial charge in [-0.25, -0.2) is 0 Å². The van der Waals surface area contributed by atoms with E-state index in [2.05, 4.69) is 15.3 Å². The van der Waals surface area contributed by atoms with Gasteiger partial charge in [-0.05, 0) is 18.5 Å². The Morgan fingerprint density at radius 1 is 1.80 bits per heavy atom. The van der Waals surface area contributed by atoms with E-state index in [1.807, 2.05) is 0 Å². The number of piperidine rings is 1. The number of carbonyl (C=O) groups is 1. The van der Waals surface area contributed by atoms with Crippen LogP contribution in [0.25, 0.3) is 10.4 Å². The van der Waals surface area contributed by atoms with Crippen molar-refractivity contribution in [3.8, 4) is 0 Å². The Bertz CT molecular complexity index is 184. The fourth-order valence-electron chi connectivity index (χ4n) is 0.914. The minimum absolute atomic E-state index is 0.0101. The van der Waals surface area contributed by atoms with Gasteiger partial charge in [0.2, 0.25) is 0 Å². The Labute approximate surface area is 58.0 Å². The maximum absolute atomic E-state index is 10.9. The molecule has 1 N–H and O–H groups in total. The van der Waals surface area contributed by atoms with Gasteiger partial charge in [-0.1, -0.05) is 5.11 Å². The molecule has 0 aromatic rings. The van der Waals surface area contributed by atoms with Crippen molar-refractivity contribution in [2.45, 2.75) is 12.5 Å². The van der Waals surface area contributed by atoms with Gasteiger partial charge in [0.25, 0.3) is 0 Å². The van der Waals surface area contributed by atoms with Crippen molar-refractivity contribution in [1.29, 1.82) is 0 Å². The van der Waals surface area contributed by atoms with Crippen LogP contribution in [0.2, 0.25) is 0 Å². The summed E-state index contributed by atoms with van der Waals surface area (Å²) in [6.07, 6.45) is 0.628. The van der Waals surface area contributed by atoms with Crippen LogP contribution in [0.5, 0.6) is 0 Å². The lowest BCUT2D eigenvalue weighted by Crippen LogP contribution is -2.39. The third-order valence-corrected chi connectivity index (χ3v) is 1.46. The van der Waals surface area contributed by atoms with E-state index in [9.17, 15) is 4.79 Å². The van der Waals surface area contributed by atoms with Gasteiger partial charge in [-0.15, -0.1) is 0 Å². The lowest BCUT2D eigenvalue weighted by atomic mass is 10.1. The Balaban J connectivity index is 2.55. The summed E-state index contributed by atoms with van der Waals surface area (Å²) in [6.45, 7) is 1.10. The van der Waals surface area contributed by atoms with Crippen LogP contribution in [-0.4, -0.2) is 24.9 Å². The summed E-state index contributed by atoms with van der Waals surface area (Å²) in [6, 6.07) is -0.425. The van der Waals surface area contributed by atoms with Gasteiger partial charge in [0.05, 0.1) is 12.6 Å². The number of azide groups is 1. The Morgan fingerprint density at radius 2 is 2.60 bits per heavy atom. The third kappa shape index (κ3) is 1.46. The molecule has 0 saturated carbocycles. The van der Waals surface area contributed by atoms with E-state index in [0.29, 0.717) is 13.0 Å². The minimum atomic E-state index is -0.425. The van der Waals surface area contributed by atoms with Crippen molar-refractivity contribution >= 4 is 5.78 Å². The molecule has 0 bridgehead atoms. The van der Waals surface area contributed by atoms with Crippen molar-refractivity contribution in [3.05, 3.63) is 10.4 Å². The van der Waals surface area contributed by atoms with E-state index < -0.39 is 6.04 Å². The summed E-state index contributed by atoms with van der Waals surface area (Å²) in [5, 5.41) is 6.25. The summed E-state index contributed by atoms with van der Waals surface area (Å²) in [7, 11) is 0. The molecule has 5 heteroatoms. The minimum Gasteiger partial charge on any atom is -0.310 e. The fraction of sp³-hybridized carbons (Fsp3) is 0.800. The molecule has 0 radical (unpaired) electrons. The molecule has 0 aromatic carbocycles. The van der Waals surface area contributed by atoms with Crippen molar-refractivity contribution < 1.29 is 4.79 Å². The van der Waals surface area contributed by atoms with Crippen LogP contribution in [0.4, 0.5) is 0 Å². The maximum atomic E-state index is 10.9. The van der Waals surface area contributed by atoms with E-state index in [1.165, 1.54) is 0 Å². The van der Waals surface area contributed by atoms with Gasteiger partial charge in [-0.2, -0.15) is 0 Å². The first-order chi connectivity index (χ1) is 4.84. The smallest absolute Gasteiger partial charge is 0.155 e. The molecule has 10 heavy (non-hydrogen) atoms. The molecule has 1 heterocycles. The highest BCUT2D eigenvalue weighted by molar-refractivity contribution is 5.86. The number of hydrogen-bond donors (Lipinski definition) is 1. The van der Waals surface area contributed by atoms with E-state index in [0.717, 1.165) is 6.54 Å². The van der Waals surface area contributed by atoms with Crippen LogP contribution in [-0.2, 0) is 4.79 Å². The highest BCUT2D eigenvalue weighted by Crippen LogP contribution is 2.02. The summed E-state index contributed by atoms with van der Waals surface area (Å²) < 4.78 is 0. The molecule has 1 fully saturated rings. The number of ketones is 1. The fourth-order valence-corrected chi connectivity index (χ4v) is 0.914. The number of carbonyl (C=O) groups excluding carboxylic acids is 1. The zero-order valence-corrected chi connectivity index (χ0v) is 5.45. The van der Waals surface area contributed by atoms with E-state index in [1.54, 1.807) is 0 Å². The van der Waals surface area contributed by atoms with Gasteiger partial charge in [0, 0.05) is 4.91 Å².